The number of pyridine rings is 1. The van der Waals surface area contributed by atoms with Crippen LogP contribution in [0.25, 0.3) is 0 Å². The highest BCUT2D eigenvalue weighted by atomic mass is 32.1. The van der Waals surface area contributed by atoms with Crippen LogP contribution in [0.1, 0.15) is 10.7 Å². The van der Waals surface area contributed by atoms with E-state index < -0.39 is 4.92 Å². The lowest BCUT2D eigenvalue weighted by Gasteiger charge is -2.06. The van der Waals surface area contributed by atoms with E-state index in [0.717, 1.165) is 10.7 Å². The third kappa shape index (κ3) is 3.36. The molecule has 8 nitrogen and oxygen atoms in total. The fourth-order valence-electron chi connectivity index (χ4n) is 1.46. The number of aryl methyl sites for hydroxylation is 1. The van der Waals surface area contributed by atoms with Crippen LogP contribution in [-0.4, -0.2) is 14.9 Å². The largest absolute Gasteiger partial charge is 0.364 e. The van der Waals surface area contributed by atoms with Crippen molar-refractivity contribution in [2.75, 3.05) is 10.7 Å². The van der Waals surface area contributed by atoms with Crippen molar-refractivity contribution in [2.24, 2.45) is 5.84 Å². The normalized spacial score (nSPS) is 10.2. The molecule has 0 aliphatic rings. The minimum atomic E-state index is -0.499. The summed E-state index contributed by atoms with van der Waals surface area (Å²) in [7, 11) is 0. The van der Waals surface area contributed by atoms with Gasteiger partial charge in [-0.2, -0.15) is 0 Å². The number of thiazole rings is 1. The van der Waals surface area contributed by atoms with Crippen molar-refractivity contribution in [1.29, 1.82) is 0 Å². The van der Waals surface area contributed by atoms with Crippen molar-refractivity contribution in [3.8, 4) is 0 Å². The number of hydrogen-bond donors (Lipinski definition) is 3. The molecule has 0 aliphatic heterocycles. The van der Waals surface area contributed by atoms with Crippen molar-refractivity contribution in [3.63, 3.8) is 0 Å². The molecule has 0 radical (unpaired) electrons. The van der Waals surface area contributed by atoms with Crippen molar-refractivity contribution in [3.05, 3.63) is 38.3 Å². The zero-order valence-electron chi connectivity index (χ0n) is 10.1. The first-order valence-corrected chi connectivity index (χ1v) is 6.24. The van der Waals surface area contributed by atoms with Crippen LogP contribution in [0.3, 0.4) is 0 Å². The minimum absolute atomic E-state index is 0.0834. The van der Waals surface area contributed by atoms with Gasteiger partial charge in [0.25, 0.3) is 5.69 Å². The average molecular weight is 280 g/mol. The molecule has 2 aromatic heterocycles. The second-order valence-corrected chi connectivity index (χ2v) is 4.77. The average Bonchev–Trinajstić information content (AvgIpc) is 2.81. The number of anilines is 2. The van der Waals surface area contributed by atoms with Gasteiger partial charge in [0, 0.05) is 5.38 Å². The second-order valence-electron chi connectivity index (χ2n) is 3.71. The van der Waals surface area contributed by atoms with Crippen LogP contribution in [0, 0.1) is 17.0 Å². The SMILES string of the molecule is Cc1nc(CNc2cc([N+](=O)[O-])cc(NN)n2)cs1. The van der Waals surface area contributed by atoms with E-state index in [1.54, 1.807) is 11.3 Å². The van der Waals surface area contributed by atoms with E-state index in [2.05, 4.69) is 20.7 Å². The maximum absolute atomic E-state index is 10.8. The number of rotatable bonds is 5. The monoisotopic (exact) mass is 280 g/mol. The Bertz CT molecular complexity index is 599. The summed E-state index contributed by atoms with van der Waals surface area (Å²) in [5.74, 6) is 5.82. The summed E-state index contributed by atoms with van der Waals surface area (Å²) in [5.41, 5.74) is 3.07. The van der Waals surface area contributed by atoms with Gasteiger partial charge < -0.3 is 10.7 Å². The van der Waals surface area contributed by atoms with Crippen LogP contribution in [0.15, 0.2) is 17.5 Å². The lowest BCUT2D eigenvalue weighted by molar-refractivity contribution is -0.384. The molecule has 0 aliphatic carbocycles. The summed E-state index contributed by atoms with van der Waals surface area (Å²) in [6, 6.07) is 2.61. The zero-order chi connectivity index (χ0) is 13.8. The van der Waals surface area contributed by atoms with Crippen LogP contribution in [-0.2, 0) is 6.54 Å². The lowest BCUT2D eigenvalue weighted by Crippen LogP contribution is -2.11. The molecule has 0 saturated heterocycles. The highest BCUT2D eigenvalue weighted by Gasteiger charge is 2.11. The molecule has 0 amide bonds. The van der Waals surface area contributed by atoms with Gasteiger partial charge in [-0.25, -0.2) is 15.8 Å². The number of hydrazine groups is 1. The molecular formula is C10H12N6O2S. The number of nitro groups is 1. The molecule has 19 heavy (non-hydrogen) atoms. The molecule has 0 saturated carbocycles. The summed E-state index contributed by atoms with van der Waals surface area (Å²) < 4.78 is 0. The standard InChI is InChI=1S/C10H12N6O2S/c1-6-13-7(5-19-6)4-12-9-2-8(16(17)18)3-10(14-9)15-11/h2-3,5H,4,11H2,1H3,(H2,12,14,15). The van der Waals surface area contributed by atoms with Crippen LogP contribution in [0.4, 0.5) is 17.3 Å². The maximum atomic E-state index is 10.8. The Morgan fingerprint density at radius 1 is 1.42 bits per heavy atom. The quantitative estimate of drug-likeness (QED) is 0.433. The van der Waals surface area contributed by atoms with E-state index in [-0.39, 0.29) is 11.5 Å². The Kier molecular flexibility index (Phi) is 3.88. The van der Waals surface area contributed by atoms with Gasteiger partial charge in [0.05, 0.1) is 34.3 Å². The van der Waals surface area contributed by atoms with Gasteiger partial charge >= 0.3 is 0 Å². The molecule has 100 valence electrons. The second kappa shape index (κ2) is 5.59. The Morgan fingerprint density at radius 3 is 2.74 bits per heavy atom. The zero-order valence-corrected chi connectivity index (χ0v) is 10.9. The number of aromatic nitrogens is 2. The van der Waals surface area contributed by atoms with Crippen molar-refractivity contribution >= 4 is 28.7 Å². The van der Waals surface area contributed by atoms with E-state index in [9.17, 15) is 10.1 Å². The number of nitrogen functional groups attached to an aromatic ring is 1. The predicted octanol–water partition coefficient (Wildman–Crippen LogP) is 1.65. The third-order valence-electron chi connectivity index (χ3n) is 2.29. The molecule has 0 spiro atoms. The first-order chi connectivity index (χ1) is 9.08. The van der Waals surface area contributed by atoms with Gasteiger partial charge in [-0.05, 0) is 6.92 Å². The van der Waals surface area contributed by atoms with Crippen molar-refractivity contribution < 1.29 is 4.92 Å². The molecule has 2 aromatic rings. The number of hydrogen-bond acceptors (Lipinski definition) is 8. The smallest absolute Gasteiger partial charge is 0.276 e. The van der Waals surface area contributed by atoms with E-state index in [4.69, 9.17) is 5.84 Å². The van der Waals surface area contributed by atoms with E-state index in [1.165, 1.54) is 12.1 Å². The lowest BCUT2D eigenvalue weighted by atomic mass is 10.3. The number of nitrogens with zero attached hydrogens (tertiary/aromatic N) is 3. The summed E-state index contributed by atoms with van der Waals surface area (Å²) in [6.45, 7) is 2.36. The molecule has 2 rings (SSSR count). The third-order valence-corrected chi connectivity index (χ3v) is 3.11. The van der Waals surface area contributed by atoms with Gasteiger partial charge in [-0.3, -0.25) is 10.1 Å². The Morgan fingerprint density at radius 2 is 2.16 bits per heavy atom. The molecule has 0 unspecified atom stereocenters. The number of nitrogens with one attached hydrogen (secondary N) is 2. The van der Waals surface area contributed by atoms with Crippen LogP contribution in [0.2, 0.25) is 0 Å². The van der Waals surface area contributed by atoms with Crippen molar-refractivity contribution in [1.82, 2.24) is 9.97 Å². The molecule has 0 bridgehead atoms. The Balaban J connectivity index is 2.15. The Labute approximate surface area is 112 Å². The Hall–Kier alpha value is -2.26. The molecule has 0 atom stereocenters. The fraction of sp³-hybridized carbons (Fsp3) is 0.200. The summed E-state index contributed by atoms with van der Waals surface area (Å²) in [4.78, 5) is 18.6. The van der Waals surface area contributed by atoms with Gasteiger partial charge in [0.2, 0.25) is 0 Å². The highest BCUT2D eigenvalue weighted by molar-refractivity contribution is 7.09. The van der Waals surface area contributed by atoms with Crippen LogP contribution < -0.4 is 16.6 Å². The predicted molar refractivity (Wildman–Crippen MR) is 72.9 cm³/mol. The molecule has 4 N–H and O–H groups in total. The summed E-state index contributed by atoms with van der Waals surface area (Å²) >= 11 is 1.54. The number of nitrogens with two attached hydrogens (primary N) is 1. The molecule has 0 fully saturated rings. The molecule has 9 heteroatoms. The van der Waals surface area contributed by atoms with Crippen LogP contribution in [0.5, 0.6) is 0 Å². The maximum Gasteiger partial charge on any atom is 0.276 e. The van der Waals surface area contributed by atoms with Gasteiger partial charge in [0.15, 0.2) is 0 Å². The van der Waals surface area contributed by atoms with E-state index in [1.807, 2.05) is 12.3 Å². The molecule has 0 aromatic carbocycles. The van der Waals surface area contributed by atoms with Crippen molar-refractivity contribution in [2.45, 2.75) is 13.5 Å². The molecular weight excluding hydrogens is 268 g/mol. The minimum Gasteiger partial charge on any atom is -0.364 e. The fourth-order valence-corrected chi connectivity index (χ4v) is 2.07. The topological polar surface area (TPSA) is 119 Å². The van der Waals surface area contributed by atoms with Crippen LogP contribution >= 0.6 is 11.3 Å². The van der Waals surface area contributed by atoms with E-state index >= 15 is 0 Å². The molecule has 2 heterocycles. The summed E-state index contributed by atoms with van der Waals surface area (Å²) in [6.07, 6.45) is 0. The summed E-state index contributed by atoms with van der Waals surface area (Å²) in [5, 5.41) is 16.6. The van der Waals surface area contributed by atoms with Gasteiger partial charge in [0.1, 0.15) is 11.6 Å². The van der Waals surface area contributed by atoms with E-state index in [0.29, 0.717) is 12.4 Å². The van der Waals surface area contributed by atoms with Gasteiger partial charge in [-0.1, -0.05) is 0 Å². The van der Waals surface area contributed by atoms with Gasteiger partial charge in [-0.15, -0.1) is 11.3 Å². The highest BCUT2D eigenvalue weighted by Crippen LogP contribution is 2.20. The first kappa shape index (κ1) is 13.2. The first-order valence-electron chi connectivity index (χ1n) is 5.36.